The number of nitrogens with one attached hydrogen (secondary N) is 1. The molecule has 1 unspecified atom stereocenters. The second kappa shape index (κ2) is 4.22. The highest BCUT2D eigenvalue weighted by atomic mass is 16.5. The topological polar surface area (TPSA) is 88.1 Å². The third-order valence-corrected chi connectivity index (χ3v) is 2.30. The monoisotopic (exact) mass is 207 g/mol. The van der Waals surface area contributed by atoms with Gasteiger partial charge < -0.3 is 15.4 Å². The number of nitrogens with two attached hydrogens (primary N) is 1. The molecule has 1 saturated heterocycles. The van der Waals surface area contributed by atoms with Crippen LogP contribution in [0.15, 0.2) is 18.6 Å². The Bertz CT molecular complexity index is 342. The molecular weight excluding hydrogens is 194 g/mol. The van der Waals surface area contributed by atoms with Crippen molar-refractivity contribution in [2.75, 3.05) is 24.6 Å². The van der Waals surface area contributed by atoms with Gasteiger partial charge in [-0.15, -0.1) is 0 Å². The van der Waals surface area contributed by atoms with E-state index < -0.39 is 0 Å². The van der Waals surface area contributed by atoms with Gasteiger partial charge in [0.05, 0.1) is 13.2 Å². The minimum Gasteiger partial charge on any atom is -0.385 e. The number of morpholine rings is 1. The van der Waals surface area contributed by atoms with Crippen molar-refractivity contribution in [1.82, 2.24) is 9.97 Å². The van der Waals surface area contributed by atoms with Gasteiger partial charge in [0.1, 0.15) is 24.1 Å². The number of anilines is 1. The van der Waals surface area contributed by atoms with E-state index in [1.165, 1.54) is 6.33 Å². The smallest absolute Gasteiger partial charge is 0.132 e. The van der Waals surface area contributed by atoms with E-state index in [4.69, 9.17) is 15.9 Å². The van der Waals surface area contributed by atoms with Crippen LogP contribution in [0.4, 0.5) is 5.82 Å². The summed E-state index contributed by atoms with van der Waals surface area (Å²) in [5.74, 6) is 0.910. The van der Waals surface area contributed by atoms with Gasteiger partial charge in [0.2, 0.25) is 0 Å². The lowest BCUT2D eigenvalue weighted by Gasteiger charge is -2.32. The Hall–Kier alpha value is -1.69. The van der Waals surface area contributed by atoms with Crippen LogP contribution in [0.25, 0.3) is 0 Å². The maximum atomic E-state index is 7.33. The van der Waals surface area contributed by atoms with Crippen LogP contribution in [0, 0.1) is 5.41 Å². The van der Waals surface area contributed by atoms with Crippen LogP contribution in [0.3, 0.4) is 0 Å². The van der Waals surface area contributed by atoms with Crippen molar-refractivity contribution in [3.8, 4) is 0 Å². The van der Waals surface area contributed by atoms with Crippen molar-refractivity contribution in [3.63, 3.8) is 0 Å². The second-order valence-electron chi connectivity index (χ2n) is 3.33. The molecule has 80 valence electrons. The van der Waals surface area contributed by atoms with E-state index in [1.807, 2.05) is 11.0 Å². The summed E-state index contributed by atoms with van der Waals surface area (Å²) >= 11 is 0. The molecule has 0 saturated carbocycles. The molecule has 0 aromatic carbocycles. The van der Waals surface area contributed by atoms with Crippen LogP contribution >= 0.6 is 0 Å². The van der Waals surface area contributed by atoms with Gasteiger partial charge in [-0.3, -0.25) is 5.41 Å². The second-order valence-corrected chi connectivity index (χ2v) is 3.33. The van der Waals surface area contributed by atoms with Crippen molar-refractivity contribution in [2.45, 2.75) is 6.10 Å². The Kier molecular flexibility index (Phi) is 2.77. The number of aromatic nitrogens is 2. The zero-order valence-electron chi connectivity index (χ0n) is 8.26. The SMILES string of the molecule is N=C(N)C1CN(c2ccncn2)CCO1. The summed E-state index contributed by atoms with van der Waals surface area (Å²) in [6.07, 6.45) is 2.88. The van der Waals surface area contributed by atoms with Crippen LogP contribution in [0.2, 0.25) is 0 Å². The van der Waals surface area contributed by atoms with Crippen LogP contribution in [0.5, 0.6) is 0 Å². The summed E-state index contributed by atoms with van der Waals surface area (Å²) in [5.41, 5.74) is 5.41. The molecule has 0 spiro atoms. The Morgan fingerprint density at radius 2 is 2.53 bits per heavy atom. The van der Waals surface area contributed by atoms with Crippen LogP contribution in [-0.2, 0) is 4.74 Å². The number of nitrogens with zero attached hydrogens (tertiary/aromatic N) is 3. The summed E-state index contributed by atoms with van der Waals surface area (Å²) in [6.45, 7) is 1.90. The van der Waals surface area contributed by atoms with E-state index in [-0.39, 0.29) is 11.9 Å². The predicted molar refractivity (Wildman–Crippen MR) is 55.9 cm³/mol. The highest BCUT2D eigenvalue weighted by Gasteiger charge is 2.23. The zero-order chi connectivity index (χ0) is 10.7. The van der Waals surface area contributed by atoms with Gasteiger partial charge in [-0.1, -0.05) is 0 Å². The van der Waals surface area contributed by atoms with Crippen LogP contribution in [-0.4, -0.2) is 41.6 Å². The lowest BCUT2D eigenvalue weighted by molar-refractivity contribution is 0.0823. The molecule has 0 bridgehead atoms. The average molecular weight is 207 g/mol. The highest BCUT2D eigenvalue weighted by molar-refractivity contribution is 5.82. The van der Waals surface area contributed by atoms with E-state index >= 15 is 0 Å². The van der Waals surface area contributed by atoms with Gasteiger partial charge in [0.15, 0.2) is 0 Å². The summed E-state index contributed by atoms with van der Waals surface area (Å²) in [6, 6.07) is 1.84. The Balaban J connectivity index is 2.08. The first-order chi connectivity index (χ1) is 7.27. The highest BCUT2D eigenvalue weighted by Crippen LogP contribution is 2.13. The predicted octanol–water partition coefficient (Wildman–Crippen LogP) is -0.382. The molecule has 1 aliphatic rings. The van der Waals surface area contributed by atoms with E-state index in [9.17, 15) is 0 Å². The quantitative estimate of drug-likeness (QED) is 0.509. The molecule has 0 amide bonds. The lowest BCUT2D eigenvalue weighted by Crippen LogP contribution is -2.48. The van der Waals surface area contributed by atoms with Gasteiger partial charge in [0, 0.05) is 12.7 Å². The van der Waals surface area contributed by atoms with Crippen molar-refractivity contribution in [1.29, 1.82) is 5.41 Å². The van der Waals surface area contributed by atoms with Crippen molar-refractivity contribution >= 4 is 11.7 Å². The first kappa shape index (κ1) is 9.85. The van der Waals surface area contributed by atoms with E-state index in [0.717, 1.165) is 12.4 Å². The van der Waals surface area contributed by atoms with Gasteiger partial charge in [-0.2, -0.15) is 0 Å². The molecule has 1 aliphatic heterocycles. The molecule has 0 aliphatic carbocycles. The van der Waals surface area contributed by atoms with Gasteiger partial charge in [-0.05, 0) is 6.07 Å². The number of hydrogen-bond acceptors (Lipinski definition) is 5. The minimum absolute atomic E-state index is 0.0637. The Labute approximate surface area is 87.6 Å². The molecule has 1 fully saturated rings. The first-order valence-corrected chi connectivity index (χ1v) is 4.74. The van der Waals surface area contributed by atoms with Crippen molar-refractivity contribution in [2.24, 2.45) is 5.73 Å². The largest absolute Gasteiger partial charge is 0.385 e. The Morgan fingerprint density at radius 3 is 3.20 bits per heavy atom. The molecular formula is C9H13N5O. The zero-order valence-corrected chi connectivity index (χ0v) is 8.26. The van der Waals surface area contributed by atoms with E-state index in [1.54, 1.807) is 6.20 Å². The fourth-order valence-electron chi connectivity index (χ4n) is 1.52. The fraction of sp³-hybridized carbons (Fsp3) is 0.444. The minimum atomic E-state index is -0.325. The normalized spacial score (nSPS) is 21.3. The van der Waals surface area contributed by atoms with Gasteiger partial charge >= 0.3 is 0 Å². The molecule has 0 radical (unpaired) electrons. The Morgan fingerprint density at radius 1 is 1.67 bits per heavy atom. The maximum Gasteiger partial charge on any atom is 0.132 e. The third-order valence-electron chi connectivity index (χ3n) is 2.30. The molecule has 15 heavy (non-hydrogen) atoms. The number of ether oxygens (including phenoxy) is 1. The first-order valence-electron chi connectivity index (χ1n) is 4.74. The van der Waals surface area contributed by atoms with Gasteiger partial charge in [-0.25, -0.2) is 9.97 Å². The van der Waals surface area contributed by atoms with Crippen molar-refractivity contribution < 1.29 is 4.74 Å². The molecule has 6 heteroatoms. The number of amidine groups is 1. The molecule has 1 aromatic heterocycles. The summed E-state index contributed by atoms with van der Waals surface area (Å²) in [5, 5.41) is 7.33. The molecule has 2 heterocycles. The van der Waals surface area contributed by atoms with E-state index in [2.05, 4.69) is 9.97 Å². The van der Waals surface area contributed by atoms with Crippen LogP contribution in [0.1, 0.15) is 0 Å². The number of rotatable bonds is 2. The summed E-state index contributed by atoms with van der Waals surface area (Å²) < 4.78 is 5.36. The van der Waals surface area contributed by atoms with Crippen LogP contribution < -0.4 is 10.6 Å². The molecule has 6 nitrogen and oxygen atoms in total. The molecule has 1 aromatic rings. The molecule has 1 atom stereocenters. The molecule has 3 N–H and O–H groups in total. The van der Waals surface area contributed by atoms with E-state index in [0.29, 0.717) is 13.2 Å². The summed E-state index contributed by atoms with van der Waals surface area (Å²) in [4.78, 5) is 10.0. The average Bonchev–Trinajstić information content (AvgIpc) is 2.30. The maximum absolute atomic E-state index is 7.33. The fourth-order valence-corrected chi connectivity index (χ4v) is 1.52. The lowest BCUT2D eigenvalue weighted by atomic mass is 10.2. The standard InChI is InChI=1S/C9H13N5O/c10-9(11)7-5-14(3-4-15-7)8-1-2-12-6-13-8/h1-2,6-7H,3-5H2,(H3,10,11). The molecule has 2 rings (SSSR count). The summed E-state index contributed by atoms with van der Waals surface area (Å²) in [7, 11) is 0. The van der Waals surface area contributed by atoms with Gasteiger partial charge in [0.25, 0.3) is 0 Å². The van der Waals surface area contributed by atoms with Crippen molar-refractivity contribution in [3.05, 3.63) is 18.6 Å². The third kappa shape index (κ3) is 2.21. The number of hydrogen-bond donors (Lipinski definition) is 2.